The fraction of sp³-hybridized carbons (Fsp3) is 0.0714. The molecule has 0 saturated carbocycles. The molecule has 0 spiro atoms. The third kappa shape index (κ3) is 9.08. The van der Waals surface area contributed by atoms with E-state index in [-0.39, 0.29) is 45.0 Å². The molecule has 0 unspecified atom stereocenters. The zero-order chi connectivity index (χ0) is 36.6. The van der Waals surface area contributed by atoms with Crippen molar-refractivity contribution in [2.75, 3.05) is 22.9 Å². The highest BCUT2D eigenvalue weighted by atomic mass is 32.2. The van der Waals surface area contributed by atoms with E-state index in [0.29, 0.717) is 11.1 Å². The van der Waals surface area contributed by atoms with Crippen LogP contribution in [0, 0.1) is 13.8 Å². The van der Waals surface area contributed by atoms with Gasteiger partial charge in [0.2, 0.25) is 0 Å². The maximum absolute atomic E-state index is 11.7. The summed E-state index contributed by atoms with van der Waals surface area (Å²) in [4.78, 5) is -2.00. The summed E-state index contributed by atoms with van der Waals surface area (Å²) < 4.78 is 130. The number of hydrogen-bond acceptors (Lipinski definition) is 12. The van der Waals surface area contributed by atoms with Gasteiger partial charge < -0.3 is 22.9 Å². The van der Waals surface area contributed by atoms with Crippen LogP contribution in [0.5, 0.6) is 0 Å². The number of rotatable bonds is 7. The number of hydrogen-bond donors (Lipinski definition) is 8. The molecule has 4 aromatic carbocycles. The molecule has 0 aliphatic carbocycles. The Balaban J connectivity index is 0.000000260. The monoisotopic (exact) mass is 742 g/mol. The number of benzene rings is 4. The van der Waals surface area contributed by atoms with Crippen molar-refractivity contribution in [3.63, 3.8) is 0 Å². The van der Waals surface area contributed by atoms with Crippen LogP contribution in [-0.4, -0.2) is 51.9 Å². The quantitative estimate of drug-likeness (QED) is 0.0766. The smallest absolute Gasteiger partial charge is 0.295 e. The molecule has 0 amide bonds. The van der Waals surface area contributed by atoms with E-state index in [1.165, 1.54) is 48.6 Å². The number of nitrogen functional groups attached to an aromatic ring is 4. The molecule has 48 heavy (non-hydrogen) atoms. The molecule has 20 heteroatoms. The van der Waals surface area contributed by atoms with Crippen molar-refractivity contribution in [1.29, 1.82) is 0 Å². The van der Waals surface area contributed by atoms with Crippen molar-refractivity contribution >= 4 is 75.4 Å². The second-order valence-corrected chi connectivity index (χ2v) is 15.8. The minimum absolute atomic E-state index is 0.0878. The zero-order valence-corrected chi connectivity index (χ0v) is 28.2. The molecule has 0 aliphatic heterocycles. The maximum atomic E-state index is 11.7. The largest absolute Gasteiger partial charge is 0.399 e. The van der Waals surface area contributed by atoms with E-state index < -0.39 is 60.1 Å². The van der Waals surface area contributed by atoms with Gasteiger partial charge >= 0.3 is 0 Å². The topological polar surface area (TPSA) is 322 Å². The van der Waals surface area contributed by atoms with E-state index in [0.717, 1.165) is 24.3 Å². The molecule has 12 N–H and O–H groups in total. The summed E-state index contributed by atoms with van der Waals surface area (Å²) in [5.41, 5.74) is 23.7. The highest BCUT2D eigenvalue weighted by Gasteiger charge is 2.25. The SMILES string of the molecule is Cc1cc(-c2cc(C)c(N)cc2S(=O)(=O)O)c(S(=O)(=O)O)cc1N.Nc1ccc(C=Cc2ccc(N)cc2S(=O)(=O)O)c(S(=O)(=O)O)c1. The van der Waals surface area contributed by atoms with Crippen molar-refractivity contribution in [1.82, 2.24) is 0 Å². The van der Waals surface area contributed by atoms with E-state index in [1.54, 1.807) is 13.8 Å². The van der Waals surface area contributed by atoms with Gasteiger partial charge in [0.15, 0.2) is 0 Å². The lowest BCUT2D eigenvalue weighted by Gasteiger charge is -2.15. The minimum atomic E-state index is -4.69. The summed E-state index contributed by atoms with van der Waals surface area (Å²) in [5, 5.41) is 0. The van der Waals surface area contributed by atoms with Gasteiger partial charge in [0.25, 0.3) is 40.5 Å². The lowest BCUT2D eigenvalue weighted by Crippen LogP contribution is -2.08. The lowest BCUT2D eigenvalue weighted by molar-refractivity contribution is 0.480. The first-order valence-electron chi connectivity index (χ1n) is 13.0. The van der Waals surface area contributed by atoms with Gasteiger partial charge in [-0.05, 0) is 84.6 Å². The lowest BCUT2D eigenvalue weighted by atomic mass is 10.00. The van der Waals surface area contributed by atoms with E-state index in [2.05, 4.69) is 0 Å². The summed E-state index contributed by atoms with van der Waals surface area (Å²) in [6.07, 6.45) is 2.53. The van der Waals surface area contributed by atoms with Gasteiger partial charge in [-0.1, -0.05) is 24.3 Å². The Morgan fingerprint density at radius 2 is 0.750 bits per heavy atom. The maximum Gasteiger partial charge on any atom is 0.295 e. The standard InChI is InChI=1S/C14H16N2O6S2.C14H14N2O6S2/c1-7-3-9(13(5-11(7)15)23(17,18)19)10-4-8(2)12(16)6-14(10)24(20,21)22;15-11-5-3-9(13(7-11)23(17,18)19)1-2-10-4-6-12(16)8-14(10)24(20,21)22/h3-6H,15-16H2,1-2H3,(H,17,18,19)(H,20,21,22);1-8H,15-16H2,(H,17,18,19)(H,20,21,22). The van der Waals surface area contributed by atoms with Crippen LogP contribution in [-0.2, 0) is 40.5 Å². The molecule has 0 radical (unpaired) electrons. The first-order chi connectivity index (χ1) is 21.8. The van der Waals surface area contributed by atoms with E-state index in [4.69, 9.17) is 22.9 Å². The van der Waals surface area contributed by atoms with Gasteiger partial charge in [-0.25, -0.2) is 0 Å². The number of nitrogens with two attached hydrogens (primary N) is 4. The molecule has 0 aliphatic rings. The van der Waals surface area contributed by atoms with E-state index in [9.17, 15) is 51.9 Å². The summed E-state index contributed by atoms with van der Waals surface area (Å²) >= 11 is 0. The Labute approximate surface area is 276 Å². The van der Waals surface area contributed by atoms with E-state index in [1.807, 2.05) is 0 Å². The van der Waals surface area contributed by atoms with Gasteiger partial charge in [-0.3, -0.25) is 18.2 Å². The second kappa shape index (κ2) is 13.5. The van der Waals surface area contributed by atoms with Crippen molar-refractivity contribution < 1.29 is 51.9 Å². The average molecular weight is 743 g/mol. The molecular weight excluding hydrogens is 713 g/mol. The zero-order valence-electron chi connectivity index (χ0n) is 24.9. The average Bonchev–Trinajstić information content (AvgIpc) is 2.93. The summed E-state index contributed by atoms with van der Waals surface area (Å²) in [5.74, 6) is 0. The van der Waals surface area contributed by atoms with Crippen LogP contribution in [0.3, 0.4) is 0 Å². The Hall–Kier alpha value is -4.54. The van der Waals surface area contributed by atoms with Crippen LogP contribution in [0.2, 0.25) is 0 Å². The Morgan fingerprint density at radius 3 is 1.02 bits per heavy atom. The van der Waals surface area contributed by atoms with Crippen LogP contribution in [0.15, 0.2) is 80.2 Å². The summed E-state index contributed by atoms with van der Waals surface area (Å²) in [6.45, 7) is 3.17. The molecule has 0 bridgehead atoms. The number of aryl methyl sites for hydroxylation is 2. The first kappa shape index (κ1) is 37.9. The molecule has 0 aromatic heterocycles. The first-order valence-corrected chi connectivity index (χ1v) is 18.7. The normalized spacial score (nSPS) is 12.5. The predicted molar refractivity (Wildman–Crippen MR) is 180 cm³/mol. The summed E-state index contributed by atoms with van der Waals surface area (Å²) in [7, 11) is -18.4. The van der Waals surface area contributed by atoms with Crippen LogP contribution >= 0.6 is 0 Å². The van der Waals surface area contributed by atoms with Crippen molar-refractivity contribution in [3.05, 3.63) is 82.9 Å². The fourth-order valence-corrected chi connectivity index (χ4v) is 7.14. The van der Waals surface area contributed by atoms with Crippen LogP contribution in [0.4, 0.5) is 22.7 Å². The molecule has 0 fully saturated rings. The molecule has 258 valence electrons. The van der Waals surface area contributed by atoms with Gasteiger partial charge in [0.1, 0.15) is 19.6 Å². The molecule has 16 nitrogen and oxygen atoms in total. The van der Waals surface area contributed by atoms with Gasteiger partial charge in [-0.2, -0.15) is 33.7 Å². The van der Waals surface area contributed by atoms with Gasteiger partial charge in [0, 0.05) is 33.9 Å². The second-order valence-electron chi connectivity index (χ2n) is 10.2. The molecule has 0 atom stereocenters. The highest BCUT2D eigenvalue weighted by Crippen LogP contribution is 2.37. The Kier molecular flexibility index (Phi) is 10.7. The fourth-order valence-electron chi connectivity index (χ4n) is 4.26. The van der Waals surface area contributed by atoms with Crippen LogP contribution < -0.4 is 22.9 Å². The number of anilines is 4. The third-order valence-electron chi connectivity index (χ3n) is 6.66. The van der Waals surface area contributed by atoms with E-state index >= 15 is 0 Å². The van der Waals surface area contributed by atoms with Crippen LogP contribution in [0.1, 0.15) is 22.3 Å². The van der Waals surface area contributed by atoms with Crippen molar-refractivity contribution in [3.8, 4) is 11.1 Å². The minimum Gasteiger partial charge on any atom is -0.399 e. The van der Waals surface area contributed by atoms with Gasteiger partial charge in [0.05, 0.1) is 0 Å². The van der Waals surface area contributed by atoms with Crippen molar-refractivity contribution in [2.24, 2.45) is 0 Å². The Morgan fingerprint density at radius 1 is 0.458 bits per heavy atom. The van der Waals surface area contributed by atoms with Gasteiger partial charge in [-0.15, -0.1) is 0 Å². The summed E-state index contributed by atoms with van der Waals surface area (Å²) in [6, 6.07) is 12.4. The Bertz CT molecular complexity index is 2240. The molecular formula is C28H30N4O12S4. The highest BCUT2D eigenvalue weighted by molar-refractivity contribution is 7.86. The predicted octanol–water partition coefficient (Wildman–Crippen LogP) is 3.14. The molecule has 0 saturated heterocycles. The molecule has 0 heterocycles. The third-order valence-corrected chi connectivity index (χ3v) is 10.3. The van der Waals surface area contributed by atoms with Crippen LogP contribution in [0.25, 0.3) is 23.3 Å². The molecule has 4 aromatic rings. The molecule has 4 rings (SSSR count). The van der Waals surface area contributed by atoms with Crippen molar-refractivity contribution in [2.45, 2.75) is 33.4 Å².